The summed E-state index contributed by atoms with van der Waals surface area (Å²) in [5.41, 5.74) is 24.1. The fourth-order valence-corrected chi connectivity index (χ4v) is 8.38. The molecule has 2 rings (SSSR count). The third-order valence-electron chi connectivity index (χ3n) is 13.3. The summed E-state index contributed by atoms with van der Waals surface area (Å²) in [7, 11) is 0. The first-order chi connectivity index (χ1) is 37.8. The SMILES string of the molecule is CC[C@H](C)[C@H](NC(=O)[C@H](CCCCN)NC(=O)[C@H](CCC(=O)O)NC(=O)[C@H](CO)NC(=O)[C@H](CC(C)C)NC(=O)[C@@H](N)CCCCN)C(=O)N[C@@H](Cc1ccccc1)C(=O)N[C@@H](Cc1ccc(O)cc1)C(=O)N[C@H](C(N)=O)C(C)C. The quantitative estimate of drug-likeness (QED) is 0.0349. The number of carbonyl (C=O) groups is 10. The first kappa shape index (κ1) is 68.9. The van der Waals surface area contributed by atoms with Crippen molar-refractivity contribution in [1.82, 2.24) is 42.5 Å². The van der Waals surface area contributed by atoms with Gasteiger partial charge in [0.05, 0.1) is 12.6 Å². The molecule has 0 radical (unpaired) electrons. The second-order valence-electron chi connectivity index (χ2n) is 20.9. The smallest absolute Gasteiger partial charge is 0.303 e. The average molecular weight is 1130 g/mol. The lowest BCUT2D eigenvalue weighted by molar-refractivity contribution is -0.139. The number of aliphatic hydroxyl groups is 1. The summed E-state index contributed by atoms with van der Waals surface area (Å²) in [6.07, 6.45) is 1.23. The number of amides is 9. The van der Waals surface area contributed by atoms with Crippen LogP contribution in [0.5, 0.6) is 5.75 Å². The number of carboxylic acids is 1. The minimum Gasteiger partial charge on any atom is -0.508 e. The lowest BCUT2D eigenvalue weighted by atomic mass is 9.96. The number of aliphatic carboxylic acids is 1. The van der Waals surface area contributed by atoms with Gasteiger partial charge in [-0.15, -0.1) is 0 Å². The molecular weight excluding hydrogens is 1040 g/mol. The third kappa shape index (κ3) is 24.8. The number of benzene rings is 2. The number of nitrogens with two attached hydrogens (primary N) is 4. The number of aliphatic hydroxyl groups excluding tert-OH is 1. The van der Waals surface area contributed by atoms with E-state index in [0.717, 1.165) is 0 Å². The highest BCUT2D eigenvalue weighted by Crippen LogP contribution is 2.16. The minimum absolute atomic E-state index is 0.0433. The molecule has 80 heavy (non-hydrogen) atoms. The van der Waals surface area contributed by atoms with Crippen LogP contribution in [0.4, 0.5) is 0 Å². The predicted molar refractivity (Wildman–Crippen MR) is 298 cm³/mol. The number of carboxylic acid groups (broad SMARTS) is 1. The standard InChI is InChI=1S/C55H88N12O13/c1-7-33(6)46(55(80)64-41(28-34-15-9-8-10-16-34)52(77)63-42(29-35-19-21-36(69)22-20-35)53(78)66-45(32(4)5)47(59)72)67-50(75)38(18-12-14-26-57)60-49(74)39(23-24-44(70)71)61-54(79)43(30-68)65-51(76)40(27-31(2)3)62-48(73)37(58)17-11-13-25-56/h8-10,15-16,19-22,31-33,37-43,45-46,68-69H,7,11-14,17-18,23-30,56-58H2,1-6H3,(H2,59,72)(H,60,74)(H,61,79)(H,62,73)(H,63,77)(H,64,80)(H,65,76)(H,66,78)(H,67,75)(H,70,71)/t33-,37-,38-,39-,40-,41-,42-,43-,45-,46-/m0/s1. The van der Waals surface area contributed by atoms with Gasteiger partial charge in [-0.05, 0) is 99.0 Å². The number of carbonyl (C=O) groups excluding carboxylic acids is 9. The topological polar surface area (TPSA) is 432 Å². The van der Waals surface area contributed by atoms with Crippen LogP contribution in [-0.4, -0.2) is 149 Å². The van der Waals surface area contributed by atoms with Crippen molar-refractivity contribution in [1.29, 1.82) is 0 Å². The Morgan fingerprint density at radius 2 is 0.950 bits per heavy atom. The van der Waals surface area contributed by atoms with Gasteiger partial charge in [0.25, 0.3) is 0 Å². The van der Waals surface area contributed by atoms with Crippen molar-refractivity contribution < 1.29 is 63.3 Å². The number of unbranched alkanes of at least 4 members (excludes halogenated alkanes) is 2. The van der Waals surface area contributed by atoms with Gasteiger partial charge in [0.15, 0.2) is 0 Å². The first-order valence-corrected chi connectivity index (χ1v) is 27.4. The molecule has 9 amide bonds. The Labute approximate surface area is 468 Å². The van der Waals surface area contributed by atoms with Crippen molar-refractivity contribution in [3.05, 3.63) is 65.7 Å². The number of hydrogen-bond acceptors (Lipinski definition) is 15. The summed E-state index contributed by atoms with van der Waals surface area (Å²) in [5, 5.41) is 50.6. The highest BCUT2D eigenvalue weighted by Gasteiger charge is 2.37. The van der Waals surface area contributed by atoms with Gasteiger partial charge in [0.2, 0.25) is 53.2 Å². The number of aromatic hydroxyl groups is 1. The summed E-state index contributed by atoms with van der Waals surface area (Å²) in [5.74, 6) is -10.1. The van der Waals surface area contributed by atoms with Gasteiger partial charge < -0.3 is 80.8 Å². The molecule has 0 unspecified atom stereocenters. The van der Waals surface area contributed by atoms with Gasteiger partial charge in [-0.25, -0.2) is 0 Å². The van der Waals surface area contributed by atoms with Crippen molar-refractivity contribution in [2.45, 2.75) is 173 Å². The first-order valence-electron chi connectivity index (χ1n) is 27.4. The minimum atomic E-state index is -1.69. The molecule has 446 valence electrons. The van der Waals surface area contributed by atoms with Crippen LogP contribution in [0.25, 0.3) is 0 Å². The van der Waals surface area contributed by atoms with E-state index in [-0.39, 0.29) is 50.3 Å². The van der Waals surface area contributed by atoms with E-state index >= 15 is 0 Å². The highest BCUT2D eigenvalue weighted by molar-refractivity contribution is 5.98. The van der Waals surface area contributed by atoms with Crippen LogP contribution in [0.3, 0.4) is 0 Å². The lowest BCUT2D eigenvalue weighted by Crippen LogP contribution is -2.62. The molecule has 10 atom stereocenters. The number of primary amides is 1. The zero-order valence-electron chi connectivity index (χ0n) is 47.0. The van der Waals surface area contributed by atoms with Crippen LogP contribution in [0.1, 0.15) is 117 Å². The molecule has 0 aliphatic rings. The fourth-order valence-electron chi connectivity index (χ4n) is 8.38. The molecule has 0 aliphatic heterocycles. The summed E-state index contributed by atoms with van der Waals surface area (Å²) in [4.78, 5) is 136. The molecule has 19 N–H and O–H groups in total. The zero-order chi connectivity index (χ0) is 60.1. The molecule has 2 aromatic carbocycles. The predicted octanol–water partition coefficient (Wildman–Crippen LogP) is -1.27. The molecular formula is C55H88N12O13. The number of hydrogen-bond donors (Lipinski definition) is 15. The van der Waals surface area contributed by atoms with Crippen molar-refractivity contribution in [2.24, 2.45) is 40.7 Å². The van der Waals surface area contributed by atoms with Crippen LogP contribution >= 0.6 is 0 Å². The molecule has 0 bridgehead atoms. The maximum atomic E-state index is 14.6. The Kier molecular flexibility index (Phi) is 31.1. The van der Waals surface area contributed by atoms with Crippen LogP contribution in [0.2, 0.25) is 0 Å². The van der Waals surface area contributed by atoms with Crippen LogP contribution in [-0.2, 0) is 60.8 Å². The Hall–Kier alpha value is -7.22. The van der Waals surface area contributed by atoms with E-state index in [2.05, 4.69) is 42.5 Å². The lowest BCUT2D eigenvalue weighted by Gasteiger charge is -2.30. The normalized spacial score (nSPS) is 15.0. The van der Waals surface area contributed by atoms with E-state index in [4.69, 9.17) is 22.9 Å². The molecule has 0 saturated heterocycles. The number of nitrogens with one attached hydrogen (secondary N) is 8. The molecule has 0 fully saturated rings. The van der Waals surface area contributed by atoms with Crippen LogP contribution in [0.15, 0.2) is 54.6 Å². The summed E-state index contributed by atoms with van der Waals surface area (Å²) >= 11 is 0. The second kappa shape index (κ2) is 36.1. The Balaban J connectivity index is 2.48. The summed E-state index contributed by atoms with van der Waals surface area (Å²) in [6.45, 7) is 10.0. The summed E-state index contributed by atoms with van der Waals surface area (Å²) in [6, 6.07) is 2.49. The average Bonchev–Trinajstić information content (AvgIpc) is 3.41. The third-order valence-corrected chi connectivity index (χ3v) is 13.3. The molecule has 25 heteroatoms. The zero-order valence-corrected chi connectivity index (χ0v) is 47.0. The number of phenolic OH excluding ortho intramolecular Hbond substituents is 1. The van der Waals surface area contributed by atoms with Crippen LogP contribution < -0.4 is 65.5 Å². The van der Waals surface area contributed by atoms with E-state index in [1.807, 2.05) is 0 Å². The van der Waals surface area contributed by atoms with Crippen LogP contribution in [0, 0.1) is 17.8 Å². The van der Waals surface area contributed by atoms with E-state index in [9.17, 15) is 63.3 Å². The Morgan fingerprint density at radius 3 is 1.46 bits per heavy atom. The van der Waals surface area contributed by atoms with E-state index in [1.165, 1.54) is 12.1 Å². The molecule has 25 nitrogen and oxygen atoms in total. The number of rotatable bonds is 38. The second-order valence-corrected chi connectivity index (χ2v) is 20.9. The van der Waals surface area contributed by atoms with Gasteiger partial charge in [-0.3, -0.25) is 47.9 Å². The maximum absolute atomic E-state index is 14.6. The van der Waals surface area contributed by atoms with Crippen molar-refractivity contribution >= 4 is 59.1 Å². The van der Waals surface area contributed by atoms with Gasteiger partial charge >= 0.3 is 5.97 Å². The molecule has 0 aliphatic carbocycles. The fraction of sp³-hybridized carbons (Fsp3) is 0.600. The van der Waals surface area contributed by atoms with Gasteiger partial charge in [-0.2, -0.15) is 0 Å². The van der Waals surface area contributed by atoms with E-state index in [1.54, 1.807) is 84.0 Å². The largest absolute Gasteiger partial charge is 0.508 e. The Bertz CT molecular complexity index is 2320. The molecule has 0 spiro atoms. The highest BCUT2D eigenvalue weighted by atomic mass is 16.4. The van der Waals surface area contributed by atoms with E-state index in [0.29, 0.717) is 49.8 Å². The van der Waals surface area contributed by atoms with E-state index < -0.39 is 145 Å². The molecule has 2 aromatic rings. The molecule has 0 saturated carbocycles. The van der Waals surface area contributed by atoms with Crippen molar-refractivity contribution in [3.8, 4) is 5.75 Å². The van der Waals surface area contributed by atoms with Gasteiger partial charge in [-0.1, -0.05) is 96.8 Å². The van der Waals surface area contributed by atoms with Crippen molar-refractivity contribution in [3.63, 3.8) is 0 Å². The Morgan fingerprint density at radius 1 is 0.512 bits per heavy atom. The van der Waals surface area contributed by atoms with Crippen molar-refractivity contribution in [2.75, 3.05) is 19.7 Å². The van der Waals surface area contributed by atoms with Gasteiger partial charge in [0, 0.05) is 19.3 Å². The maximum Gasteiger partial charge on any atom is 0.303 e. The monoisotopic (exact) mass is 1120 g/mol. The molecule has 0 aromatic heterocycles. The molecule has 0 heterocycles. The van der Waals surface area contributed by atoms with Gasteiger partial charge in [0.1, 0.15) is 54.1 Å². The summed E-state index contributed by atoms with van der Waals surface area (Å²) < 4.78 is 0. The number of phenols is 1.